The molecule has 1 aliphatic heterocycles. The first-order valence-corrected chi connectivity index (χ1v) is 11.4. The van der Waals surface area contributed by atoms with Crippen molar-refractivity contribution in [3.63, 3.8) is 0 Å². The van der Waals surface area contributed by atoms with Crippen LogP contribution in [0.5, 0.6) is 11.5 Å². The highest BCUT2D eigenvalue weighted by Gasteiger charge is 2.34. The third kappa shape index (κ3) is 5.00. The molecule has 2 heterocycles. The molecule has 9 nitrogen and oxygen atoms in total. The molecule has 37 heavy (non-hydrogen) atoms. The molecular formula is C27H17N3O6S. The Labute approximate surface area is 215 Å². The molecule has 182 valence electrons. The van der Waals surface area contributed by atoms with Crippen LogP contribution in [0.2, 0.25) is 0 Å². The maximum absolute atomic E-state index is 13.3. The van der Waals surface area contributed by atoms with Gasteiger partial charge in [0, 0.05) is 17.7 Å². The first kappa shape index (κ1) is 23.6. The van der Waals surface area contributed by atoms with Crippen molar-refractivity contribution in [2.24, 2.45) is 0 Å². The summed E-state index contributed by atoms with van der Waals surface area (Å²) in [6.45, 7) is 0. The molecule has 0 unspecified atom stereocenters. The van der Waals surface area contributed by atoms with Crippen molar-refractivity contribution in [1.82, 2.24) is 5.32 Å². The number of non-ortho nitro benzene ring substituents is 1. The van der Waals surface area contributed by atoms with Gasteiger partial charge in [-0.2, -0.15) is 0 Å². The average Bonchev–Trinajstić information content (AvgIpc) is 3.37. The Balaban J connectivity index is 1.37. The Kier molecular flexibility index (Phi) is 6.31. The zero-order valence-corrected chi connectivity index (χ0v) is 19.8. The van der Waals surface area contributed by atoms with Crippen molar-refractivity contribution < 1.29 is 23.7 Å². The van der Waals surface area contributed by atoms with Crippen LogP contribution in [0.1, 0.15) is 5.76 Å². The zero-order chi connectivity index (χ0) is 25.9. The molecule has 0 saturated carbocycles. The number of hydrogen-bond acceptors (Lipinski definition) is 7. The molecule has 0 atom stereocenters. The van der Waals surface area contributed by atoms with E-state index in [1.165, 1.54) is 23.1 Å². The summed E-state index contributed by atoms with van der Waals surface area (Å²) < 4.78 is 11.5. The Bertz CT molecular complexity index is 1540. The summed E-state index contributed by atoms with van der Waals surface area (Å²) in [6, 6.07) is 25.0. The Hall–Kier alpha value is -5.09. The molecule has 1 aromatic heterocycles. The minimum absolute atomic E-state index is 0.0437. The van der Waals surface area contributed by atoms with Gasteiger partial charge in [-0.3, -0.25) is 29.9 Å². The second-order valence-electron chi connectivity index (χ2n) is 7.87. The van der Waals surface area contributed by atoms with Gasteiger partial charge in [-0.15, -0.1) is 0 Å². The summed E-state index contributed by atoms with van der Waals surface area (Å²) in [4.78, 5) is 37.5. The topological polar surface area (TPSA) is 115 Å². The van der Waals surface area contributed by atoms with E-state index in [4.69, 9.17) is 21.4 Å². The number of nitro benzene ring substituents is 1. The van der Waals surface area contributed by atoms with Crippen LogP contribution in [0.15, 0.2) is 101 Å². The molecule has 0 spiro atoms. The fourth-order valence-corrected chi connectivity index (χ4v) is 3.94. The summed E-state index contributed by atoms with van der Waals surface area (Å²) in [5.41, 5.74) is 0.850. The van der Waals surface area contributed by atoms with Crippen LogP contribution in [0.3, 0.4) is 0 Å². The third-order valence-corrected chi connectivity index (χ3v) is 5.74. The van der Waals surface area contributed by atoms with Crippen molar-refractivity contribution in [2.75, 3.05) is 4.90 Å². The smallest absolute Gasteiger partial charge is 0.270 e. The second kappa shape index (κ2) is 9.88. The maximum atomic E-state index is 13.3. The number of nitrogens with one attached hydrogen (secondary N) is 1. The van der Waals surface area contributed by atoms with Gasteiger partial charge in [0.15, 0.2) is 5.11 Å². The number of benzene rings is 3. The quantitative estimate of drug-likeness (QED) is 0.120. The standard InChI is InChI=1S/C27H17N3O6S/c31-25-23(16-22-14-15-24(36-22)17-6-8-19(9-7-17)30(33)34)26(32)29(27(37)28-25)18-10-12-21(13-11-18)35-20-4-2-1-3-5-20/h1-16H,(H,28,31,37)/b23-16-. The SMILES string of the molecule is O=C1NC(=S)N(c2ccc(Oc3ccccc3)cc2)C(=O)/C1=C\c1ccc(-c2ccc([N+](=O)[O-])cc2)o1. The van der Waals surface area contributed by atoms with Crippen LogP contribution in [-0.4, -0.2) is 21.9 Å². The molecular weight excluding hydrogens is 494 g/mol. The molecule has 1 saturated heterocycles. The second-order valence-corrected chi connectivity index (χ2v) is 8.26. The minimum Gasteiger partial charge on any atom is -0.457 e. The fraction of sp³-hybridized carbons (Fsp3) is 0. The minimum atomic E-state index is -0.649. The lowest BCUT2D eigenvalue weighted by molar-refractivity contribution is -0.384. The summed E-state index contributed by atoms with van der Waals surface area (Å²) in [6.07, 6.45) is 1.33. The number of thiocarbonyl (C=S) groups is 1. The van der Waals surface area contributed by atoms with Gasteiger partial charge < -0.3 is 9.15 Å². The average molecular weight is 512 g/mol. The van der Waals surface area contributed by atoms with E-state index < -0.39 is 16.7 Å². The van der Waals surface area contributed by atoms with E-state index in [1.54, 1.807) is 48.5 Å². The van der Waals surface area contributed by atoms with E-state index in [0.717, 1.165) is 0 Å². The Morgan fingerprint density at radius 2 is 1.57 bits per heavy atom. The number of nitrogens with zero attached hydrogens (tertiary/aromatic N) is 2. The van der Waals surface area contributed by atoms with Gasteiger partial charge in [0.25, 0.3) is 17.5 Å². The number of para-hydroxylation sites is 1. The van der Waals surface area contributed by atoms with E-state index in [1.807, 2.05) is 30.3 Å². The molecule has 0 bridgehead atoms. The molecule has 10 heteroatoms. The lowest BCUT2D eigenvalue weighted by atomic mass is 10.1. The first-order chi connectivity index (χ1) is 17.9. The van der Waals surface area contributed by atoms with Crippen molar-refractivity contribution in [3.05, 3.63) is 112 Å². The fourth-order valence-electron chi connectivity index (χ4n) is 3.66. The van der Waals surface area contributed by atoms with Crippen molar-refractivity contribution in [1.29, 1.82) is 0 Å². The highest BCUT2D eigenvalue weighted by Crippen LogP contribution is 2.29. The molecule has 2 amide bonds. The number of amides is 2. The predicted octanol–water partition coefficient (Wildman–Crippen LogP) is 5.48. The summed E-state index contributed by atoms with van der Waals surface area (Å²) in [7, 11) is 0. The lowest BCUT2D eigenvalue weighted by Crippen LogP contribution is -2.54. The van der Waals surface area contributed by atoms with Crippen LogP contribution in [0, 0.1) is 10.1 Å². The van der Waals surface area contributed by atoms with Gasteiger partial charge in [-0.1, -0.05) is 18.2 Å². The van der Waals surface area contributed by atoms with Crippen molar-refractivity contribution in [3.8, 4) is 22.8 Å². The third-order valence-electron chi connectivity index (χ3n) is 5.45. The molecule has 3 aromatic carbocycles. The predicted molar refractivity (Wildman–Crippen MR) is 140 cm³/mol. The van der Waals surface area contributed by atoms with Gasteiger partial charge in [-0.25, -0.2) is 0 Å². The van der Waals surface area contributed by atoms with Gasteiger partial charge in [0.05, 0.1) is 10.6 Å². The van der Waals surface area contributed by atoms with E-state index >= 15 is 0 Å². The molecule has 1 N–H and O–H groups in total. The number of anilines is 1. The lowest BCUT2D eigenvalue weighted by Gasteiger charge is -2.28. The first-order valence-electron chi connectivity index (χ1n) is 11.0. The van der Waals surface area contributed by atoms with Crippen LogP contribution < -0.4 is 15.0 Å². The Morgan fingerprint density at radius 3 is 2.24 bits per heavy atom. The highest BCUT2D eigenvalue weighted by atomic mass is 32.1. The van der Waals surface area contributed by atoms with Gasteiger partial charge in [-0.05, 0) is 79.0 Å². The van der Waals surface area contributed by atoms with Crippen molar-refractivity contribution >= 4 is 46.6 Å². The van der Waals surface area contributed by atoms with E-state index in [9.17, 15) is 19.7 Å². The monoisotopic (exact) mass is 511 g/mol. The molecule has 1 fully saturated rings. The molecule has 0 radical (unpaired) electrons. The van der Waals surface area contributed by atoms with Gasteiger partial charge in [0.2, 0.25) is 0 Å². The Morgan fingerprint density at radius 1 is 0.892 bits per heavy atom. The number of rotatable bonds is 6. The number of furan rings is 1. The van der Waals surface area contributed by atoms with E-state index in [-0.39, 0.29) is 22.1 Å². The molecule has 0 aliphatic carbocycles. The van der Waals surface area contributed by atoms with Crippen LogP contribution in [0.4, 0.5) is 11.4 Å². The summed E-state index contributed by atoms with van der Waals surface area (Å²) >= 11 is 5.26. The molecule has 5 rings (SSSR count). The van der Waals surface area contributed by atoms with E-state index in [2.05, 4.69) is 5.32 Å². The molecule has 4 aromatic rings. The summed E-state index contributed by atoms with van der Waals surface area (Å²) in [5.74, 6) is 0.656. The van der Waals surface area contributed by atoms with Crippen LogP contribution >= 0.6 is 12.2 Å². The van der Waals surface area contributed by atoms with Crippen molar-refractivity contribution in [2.45, 2.75) is 0 Å². The maximum Gasteiger partial charge on any atom is 0.270 e. The number of nitro groups is 1. The number of ether oxygens (including phenoxy) is 1. The summed E-state index contributed by atoms with van der Waals surface area (Å²) in [5, 5.41) is 13.3. The molecule has 1 aliphatic rings. The number of hydrogen-bond donors (Lipinski definition) is 1. The normalized spacial score (nSPS) is 14.5. The number of carbonyl (C=O) groups excluding carboxylic acids is 2. The highest BCUT2D eigenvalue weighted by molar-refractivity contribution is 7.80. The van der Waals surface area contributed by atoms with Gasteiger partial charge >= 0.3 is 0 Å². The largest absolute Gasteiger partial charge is 0.457 e. The van der Waals surface area contributed by atoms with E-state index in [0.29, 0.717) is 28.5 Å². The zero-order valence-electron chi connectivity index (χ0n) is 19.0. The van der Waals surface area contributed by atoms with Crippen LogP contribution in [-0.2, 0) is 9.59 Å². The van der Waals surface area contributed by atoms with Gasteiger partial charge in [0.1, 0.15) is 28.6 Å². The van der Waals surface area contributed by atoms with Crippen LogP contribution in [0.25, 0.3) is 17.4 Å². The number of carbonyl (C=O) groups is 2.